The summed E-state index contributed by atoms with van der Waals surface area (Å²) in [6, 6.07) is 13.6. The van der Waals surface area contributed by atoms with Gasteiger partial charge >= 0.3 is 0 Å². The van der Waals surface area contributed by atoms with Crippen molar-refractivity contribution in [3.05, 3.63) is 65.5 Å². The molecule has 2 rings (SSSR count). The van der Waals surface area contributed by atoms with E-state index < -0.39 is 6.10 Å². The fourth-order valence-corrected chi connectivity index (χ4v) is 2.19. The molecule has 0 aliphatic carbocycles. The molecule has 4 nitrogen and oxygen atoms in total. The number of carbonyl (C=O) groups is 1. The molecular formula is C19H22FNO3. The summed E-state index contributed by atoms with van der Waals surface area (Å²) in [7, 11) is 0. The zero-order valence-corrected chi connectivity index (χ0v) is 13.7. The molecule has 1 unspecified atom stereocenters. The Morgan fingerprint density at radius 1 is 1.25 bits per heavy atom. The molecule has 2 N–H and O–H groups in total. The molecule has 1 atom stereocenters. The molecule has 0 saturated carbocycles. The molecule has 1 amide bonds. The lowest BCUT2D eigenvalue weighted by atomic mass is 10.1. The molecule has 24 heavy (non-hydrogen) atoms. The summed E-state index contributed by atoms with van der Waals surface area (Å²) < 4.78 is 18.3. The Morgan fingerprint density at radius 3 is 2.71 bits per heavy atom. The molecule has 0 saturated heterocycles. The van der Waals surface area contributed by atoms with Gasteiger partial charge in [-0.2, -0.15) is 0 Å². The normalized spacial score (nSPS) is 11.8. The third-order valence-corrected chi connectivity index (χ3v) is 3.52. The van der Waals surface area contributed by atoms with Crippen LogP contribution in [-0.4, -0.2) is 30.3 Å². The van der Waals surface area contributed by atoms with Crippen molar-refractivity contribution in [3.63, 3.8) is 0 Å². The van der Waals surface area contributed by atoms with Crippen molar-refractivity contribution >= 4 is 5.91 Å². The summed E-state index contributed by atoms with van der Waals surface area (Å²) >= 11 is 0. The van der Waals surface area contributed by atoms with Gasteiger partial charge in [-0.15, -0.1) is 0 Å². The van der Waals surface area contributed by atoms with Crippen LogP contribution in [0.5, 0.6) is 5.75 Å². The fraction of sp³-hybridized carbons (Fsp3) is 0.316. The molecule has 0 radical (unpaired) electrons. The molecule has 0 aromatic heterocycles. The number of aryl methyl sites for hydroxylation is 2. The van der Waals surface area contributed by atoms with Gasteiger partial charge in [0.2, 0.25) is 5.91 Å². The number of ether oxygens (including phenoxy) is 1. The molecule has 0 aliphatic rings. The minimum atomic E-state index is -0.778. The Balaban J connectivity index is 1.64. The van der Waals surface area contributed by atoms with Crippen LogP contribution in [0.4, 0.5) is 4.39 Å². The van der Waals surface area contributed by atoms with Crippen molar-refractivity contribution in [3.8, 4) is 5.75 Å². The van der Waals surface area contributed by atoms with Crippen molar-refractivity contribution in [1.29, 1.82) is 0 Å². The van der Waals surface area contributed by atoms with Crippen LogP contribution in [0.2, 0.25) is 0 Å². The monoisotopic (exact) mass is 331 g/mol. The zero-order valence-electron chi connectivity index (χ0n) is 13.7. The van der Waals surface area contributed by atoms with Crippen LogP contribution in [0.1, 0.15) is 17.5 Å². The van der Waals surface area contributed by atoms with Gasteiger partial charge in [0.05, 0.1) is 0 Å². The molecule has 0 aliphatic heterocycles. The maximum atomic E-state index is 12.8. The maximum absolute atomic E-state index is 12.8. The van der Waals surface area contributed by atoms with Gasteiger partial charge in [0, 0.05) is 13.0 Å². The highest BCUT2D eigenvalue weighted by Gasteiger charge is 2.08. The van der Waals surface area contributed by atoms with Gasteiger partial charge < -0.3 is 15.2 Å². The summed E-state index contributed by atoms with van der Waals surface area (Å²) in [5.74, 6) is 0.241. The van der Waals surface area contributed by atoms with E-state index in [2.05, 4.69) is 5.32 Å². The van der Waals surface area contributed by atoms with Gasteiger partial charge in [-0.05, 0) is 48.7 Å². The summed E-state index contributed by atoms with van der Waals surface area (Å²) in [5.41, 5.74) is 1.98. The number of nitrogens with one attached hydrogen (secondary N) is 1. The van der Waals surface area contributed by atoms with Crippen molar-refractivity contribution in [2.45, 2.75) is 25.9 Å². The summed E-state index contributed by atoms with van der Waals surface area (Å²) in [4.78, 5) is 11.8. The van der Waals surface area contributed by atoms with Crippen LogP contribution in [0, 0.1) is 12.7 Å². The number of aliphatic hydroxyl groups is 1. The second kappa shape index (κ2) is 9.03. The molecule has 0 spiro atoms. The van der Waals surface area contributed by atoms with Crippen molar-refractivity contribution in [1.82, 2.24) is 5.32 Å². The van der Waals surface area contributed by atoms with E-state index in [0.29, 0.717) is 12.2 Å². The minimum Gasteiger partial charge on any atom is -0.491 e. The molecule has 0 bridgehead atoms. The minimum absolute atomic E-state index is 0.113. The first-order chi connectivity index (χ1) is 11.5. The van der Waals surface area contributed by atoms with Crippen LogP contribution in [0.3, 0.4) is 0 Å². The smallest absolute Gasteiger partial charge is 0.220 e. The van der Waals surface area contributed by atoms with Crippen LogP contribution >= 0.6 is 0 Å². The van der Waals surface area contributed by atoms with E-state index in [1.54, 1.807) is 12.1 Å². The van der Waals surface area contributed by atoms with Gasteiger partial charge in [-0.3, -0.25) is 4.79 Å². The largest absolute Gasteiger partial charge is 0.491 e. The third-order valence-electron chi connectivity index (χ3n) is 3.52. The Bertz CT molecular complexity index is 658. The number of amides is 1. The number of rotatable bonds is 8. The SMILES string of the molecule is Cc1cccc(OCC(O)CNC(=O)CCc2ccc(F)cc2)c1. The highest BCUT2D eigenvalue weighted by molar-refractivity contribution is 5.76. The summed E-state index contributed by atoms with van der Waals surface area (Å²) in [6.07, 6.45) is 0.0410. The van der Waals surface area contributed by atoms with Crippen LogP contribution < -0.4 is 10.1 Å². The Morgan fingerprint density at radius 2 is 2.00 bits per heavy atom. The quantitative estimate of drug-likeness (QED) is 0.782. The highest BCUT2D eigenvalue weighted by Crippen LogP contribution is 2.12. The van der Waals surface area contributed by atoms with Crippen LogP contribution in [0.25, 0.3) is 0 Å². The summed E-state index contributed by atoms with van der Waals surface area (Å²) in [6.45, 7) is 2.21. The van der Waals surface area contributed by atoms with Crippen molar-refractivity contribution in [2.75, 3.05) is 13.2 Å². The van der Waals surface area contributed by atoms with Crippen molar-refractivity contribution in [2.24, 2.45) is 0 Å². The van der Waals surface area contributed by atoms with Gasteiger partial charge in [0.15, 0.2) is 0 Å². The second-order valence-electron chi connectivity index (χ2n) is 5.71. The molecule has 0 fully saturated rings. The average Bonchev–Trinajstić information content (AvgIpc) is 2.57. The van der Waals surface area contributed by atoms with Crippen LogP contribution in [0.15, 0.2) is 48.5 Å². The molecule has 128 valence electrons. The van der Waals surface area contributed by atoms with E-state index in [9.17, 15) is 14.3 Å². The topological polar surface area (TPSA) is 58.6 Å². The average molecular weight is 331 g/mol. The predicted octanol–water partition coefficient (Wildman–Crippen LogP) is 2.62. The van der Waals surface area contributed by atoms with E-state index >= 15 is 0 Å². The first-order valence-electron chi connectivity index (χ1n) is 7.91. The Hall–Kier alpha value is -2.40. The number of carbonyl (C=O) groups excluding carboxylic acids is 1. The molecule has 0 heterocycles. The van der Waals surface area contributed by atoms with E-state index in [1.165, 1.54) is 12.1 Å². The predicted molar refractivity (Wildman–Crippen MR) is 90.4 cm³/mol. The number of benzene rings is 2. The van der Waals surface area contributed by atoms with E-state index in [0.717, 1.165) is 11.1 Å². The standard InChI is InChI=1S/C19H22FNO3/c1-14-3-2-4-18(11-14)24-13-17(22)12-21-19(23)10-7-15-5-8-16(20)9-6-15/h2-6,8-9,11,17,22H,7,10,12-13H2,1H3,(H,21,23). The number of hydrogen-bond donors (Lipinski definition) is 2. The van der Waals surface area contributed by atoms with E-state index in [4.69, 9.17) is 4.74 Å². The number of aliphatic hydroxyl groups excluding tert-OH is 1. The van der Waals surface area contributed by atoms with Gasteiger partial charge in [-0.25, -0.2) is 4.39 Å². The first kappa shape index (κ1) is 17.9. The zero-order chi connectivity index (χ0) is 17.4. The lowest BCUT2D eigenvalue weighted by Crippen LogP contribution is -2.35. The number of halogens is 1. The van der Waals surface area contributed by atoms with Gasteiger partial charge in [-0.1, -0.05) is 24.3 Å². The maximum Gasteiger partial charge on any atom is 0.220 e. The molecule has 2 aromatic carbocycles. The van der Waals surface area contributed by atoms with Gasteiger partial charge in [0.1, 0.15) is 24.3 Å². The molecule has 2 aromatic rings. The third kappa shape index (κ3) is 6.38. The van der Waals surface area contributed by atoms with E-state index in [1.807, 2.05) is 31.2 Å². The summed E-state index contributed by atoms with van der Waals surface area (Å²) in [5, 5.41) is 12.5. The second-order valence-corrected chi connectivity index (χ2v) is 5.71. The highest BCUT2D eigenvalue weighted by atomic mass is 19.1. The Kier molecular flexibility index (Phi) is 6.75. The fourth-order valence-electron chi connectivity index (χ4n) is 2.19. The lowest BCUT2D eigenvalue weighted by molar-refractivity contribution is -0.121. The Labute approximate surface area is 141 Å². The van der Waals surface area contributed by atoms with Gasteiger partial charge in [0.25, 0.3) is 0 Å². The van der Waals surface area contributed by atoms with Crippen LogP contribution in [-0.2, 0) is 11.2 Å². The molecular weight excluding hydrogens is 309 g/mol. The van der Waals surface area contributed by atoms with Crippen molar-refractivity contribution < 1.29 is 19.0 Å². The lowest BCUT2D eigenvalue weighted by Gasteiger charge is -2.13. The van der Waals surface area contributed by atoms with E-state index in [-0.39, 0.29) is 31.3 Å². The first-order valence-corrected chi connectivity index (χ1v) is 7.91. The molecule has 5 heteroatoms. The number of hydrogen-bond acceptors (Lipinski definition) is 3.